The first kappa shape index (κ1) is 14.0. The minimum Gasteiger partial charge on any atom is -0.369 e. The number of aryl methyl sites for hydroxylation is 2. The molecule has 108 valence electrons. The molecule has 1 aromatic carbocycles. The molecule has 2 nitrogen and oxygen atoms in total. The molecule has 0 amide bonds. The lowest BCUT2D eigenvalue weighted by Crippen LogP contribution is -2.49. The number of halogens is 1. The molecular weight excluding hydrogens is 268 g/mol. The van der Waals surface area contributed by atoms with E-state index >= 15 is 0 Å². The van der Waals surface area contributed by atoms with Crippen molar-refractivity contribution in [1.29, 1.82) is 0 Å². The molecule has 0 saturated carbocycles. The Balaban J connectivity index is 1.80. The van der Waals surface area contributed by atoms with Crippen LogP contribution in [0.15, 0.2) is 18.7 Å². The van der Waals surface area contributed by atoms with Gasteiger partial charge < -0.3 is 4.90 Å². The van der Waals surface area contributed by atoms with Crippen molar-refractivity contribution in [1.82, 2.24) is 9.80 Å². The van der Waals surface area contributed by atoms with E-state index < -0.39 is 0 Å². The average molecular weight is 291 g/mol. The number of fused-ring (bicyclic) bond motifs is 1. The van der Waals surface area contributed by atoms with Crippen LogP contribution in [0.3, 0.4) is 0 Å². The van der Waals surface area contributed by atoms with Crippen molar-refractivity contribution in [3.05, 3.63) is 40.4 Å². The summed E-state index contributed by atoms with van der Waals surface area (Å²) in [6.07, 6.45) is 2.67. The molecule has 3 rings (SSSR count). The molecule has 0 N–H and O–H groups in total. The number of piperazine rings is 1. The third-order valence-corrected chi connectivity index (χ3v) is 5.18. The van der Waals surface area contributed by atoms with E-state index in [1.165, 1.54) is 30.5 Å². The Bertz CT molecular complexity index is 538. The van der Waals surface area contributed by atoms with E-state index in [-0.39, 0.29) is 0 Å². The van der Waals surface area contributed by atoms with Crippen LogP contribution < -0.4 is 0 Å². The summed E-state index contributed by atoms with van der Waals surface area (Å²) >= 11 is 6.43. The second kappa shape index (κ2) is 5.42. The van der Waals surface area contributed by atoms with Gasteiger partial charge in [0.15, 0.2) is 0 Å². The number of rotatable bonds is 2. The van der Waals surface area contributed by atoms with Crippen molar-refractivity contribution in [2.45, 2.75) is 32.7 Å². The van der Waals surface area contributed by atoms with Gasteiger partial charge in [-0.3, -0.25) is 4.90 Å². The van der Waals surface area contributed by atoms with Crippen LogP contribution in [0.2, 0.25) is 5.02 Å². The minimum atomic E-state index is 0.714. The maximum Gasteiger partial charge on any atom is 0.0501 e. The highest BCUT2D eigenvalue weighted by atomic mass is 35.5. The summed E-state index contributed by atoms with van der Waals surface area (Å²) in [6.45, 7) is 13.2. The smallest absolute Gasteiger partial charge is 0.0501 e. The highest BCUT2D eigenvalue weighted by Gasteiger charge is 2.31. The molecule has 20 heavy (non-hydrogen) atoms. The van der Waals surface area contributed by atoms with Gasteiger partial charge in [0.25, 0.3) is 0 Å². The minimum absolute atomic E-state index is 0.714. The van der Waals surface area contributed by atoms with E-state index in [2.05, 4.69) is 42.4 Å². The molecular formula is C17H23ClN2. The molecule has 0 unspecified atom stereocenters. The second-order valence-electron chi connectivity index (χ2n) is 6.14. The molecule has 0 bridgehead atoms. The van der Waals surface area contributed by atoms with E-state index in [1.807, 2.05) is 0 Å². The Kier molecular flexibility index (Phi) is 3.78. The van der Waals surface area contributed by atoms with Crippen LogP contribution in [0.1, 0.15) is 29.5 Å². The topological polar surface area (TPSA) is 6.48 Å². The first-order chi connectivity index (χ1) is 9.56. The number of hydrogen-bond donors (Lipinski definition) is 0. The van der Waals surface area contributed by atoms with Gasteiger partial charge in [0.1, 0.15) is 0 Å². The fourth-order valence-corrected chi connectivity index (χ4v) is 3.74. The fraction of sp³-hybridized carbons (Fsp3) is 0.529. The molecule has 0 spiro atoms. The predicted molar refractivity (Wildman–Crippen MR) is 86.1 cm³/mol. The lowest BCUT2D eigenvalue weighted by atomic mass is 10.0. The summed E-state index contributed by atoms with van der Waals surface area (Å²) in [5.41, 5.74) is 4.71. The zero-order valence-corrected chi connectivity index (χ0v) is 13.2. The Morgan fingerprint density at radius 2 is 1.95 bits per heavy atom. The van der Waals surface area contributed by atoms with E-state index in [0.717, 1.165) is 35.9 Å². The second-order valence-corrected chi connectivity index (χ2v) is 6.55. The summed E-state index contributed by atoms with van der Waals surface area (Å²) in [4.78, 5) is 5.04. The summed E-state index contributed by atoms with van der Waals surface area (Å²) in [5.74, 6) is 0. The number of nitrogens with zero attached hydrogens (tertiary/aromatic N) is 2. The largest absolute Gasteiger partial charge is 0.369 e. The highest BCUT2D eigenvalue weighted by molar-refractivity contribution is 6.32. The van der Waals surface area contributed by atoms with Crippen LogP contribution in [0.4, 0.5) is 0 Å². The van der Waals surface area contributed by atoms with Gasteiger partial charge in [-0.2, -0.15) is 0 Å². The third-order valence-electron chi connectivity index (χ3n) is 4.86. The van der Waals surface area contributed by atoms with E-state index in [0.29, 0.717) is 6.04 Å². The van der Waals surface area contributed by atoms with Crippen LogP contribution in [-0.2, 0) is 0 Å². The van der Waals surface area contributed by atoms with Gasteiger partial charge in [0.2, 0.25) is 0 Å². The van der Waals surface area contributed by atoms with Gasteiger partial charge >= 0.3 is 0 Å². The highest BCUT2D eigenvalue weighted by Crippen LogP contribution is 2.31. The standard InChI is InChI=1S/C17H23ClN2/c1-12-9-16(17(18)10-13(12)2)14(3)20-8-7-19-6-4-5-15(19)11-20/h9-10,15H,3-8,11H2,1-2H3/t15-/m1/s1. The number of benzene rings is 1. The SMILES string of the molecule is C=C(c1cc(C)c(C)cc1Cl)N1CCN2CCC[C@@H]2C1. The Morgan fingerprint density at radius 1 is 1.20 bits per heavy atom. The van der Waals surface area contributed by atoms with Crippen molar-refractivity contribution in [3.8, 4) is 0 Å². The van der Waals surface area contributed by atoms with Crippen LogP contribution >= 0.6 is 11.6 Å². The van der Waals surface area contributed by atoms with Gasteiger partial charge in [-0.05, 0) is 56.5 Å². The Morgan fingerprint density at radius 3 is 2.75 bits per heavy atom. The average Bonchev–Trinajstić information content (AvgIpc) is 2.89. The van der Waals surface area contributed by atoms with Crippen LogP contribution in [-0.4, -0.2) is 42.0 Å². The summed E-state index contributed by atoms with van der Waals surface area (Å²) < 4.78 is 0. The zero-order valence-electron chi connectivity index (χ0n) is 12.5. The van der Waals surface area contributed by atoms with Crippen molar-refractivity contribution >= 4 is 17.3 Å². The van der Waals surface area contributed by atoms with Crippen molar-refractivity contribution in [2.24, 2.45) is 0 Å². The summed E-state index contributed by atoms with van der Waals surface area (Å²) in [5, 5.41) is 0.826. The Hall–Kier alpha value is -0.990. The summed E-state index contributed by atoms with van der Waals surface area (Å²) in [6, 6.07) is 4.95. The Labute approximate surface area is 127 Å². The monoisotopic (exact) mass is 290 g/mol. The first-order valence-electron chi connectivity index (χ1n) is 7.51. The fourth-order valence-electron chi connectivity index (χ4n) is 3.41. The molecule has 0 radical (unpaired) electrons. The van der Waals surface area contributed by atoms with Gasteiger partial charge in [-0.1, -0.05) is 18.2 Å². The zero-order chi connectivity index (χ0) is 14.3. The normalized spacial score (nSPS) is 22.9. The van der Waals surface area contributed by atoms with Crippen LogP contribution in [0.25, 0.3) is 5.70 Å². The van der Waals surface area contributed by atoms with Gasteiger partial charge in [-0.15, -0.1) is 0 Å². The number of hydrogen-bond acceptors (Lipinski definition) is 2. The quantitative estimate of drug-likeness (QED) is 0.819. The van der Waals surface area contributed by atoms with Gasteiger partial charge in [0, 0.05) is 36.9 Å². The van der Waals surface area contributed by atoms with E-state index in [4.69, 9.17) is 11.6 Å². The molecule has 2 aliphatic rings. The van der Waals surface area contributed by atoms with E-state index in [9.17, 15) is 0 Å². The lowest BCUT2D eigenvalue weighted by molar-refractivity contribution is 0.145. The van der Waals surface area contributed by atoms with Crippen LogP contribution in [0, 0.1) is 13.8 Å². The third kappa shape index (κ3) is 2.47. The van der Waals surface area contributed by atoms with Crippen molar-refractivity contribution in [3.63, 3.8) is 0 Å². The molecule has 2 fully saturated rings. The van der Waals surface area contributed by atoms with Gasteiger partial charge in [0.05, 0.1) is 5.02 Å². The first-order valence-corrected chi connectivity index (χ1v) is 7.89. The molecule has 1 aromatic rings. The molecule has 3 heteroatoms. The maximum absolute atomic E-state index is 6.43. The lowest BCUT2D eigenvalue weighted by Gasteiger charge is -2.40. The molecule has 2 aliphatic heterocycles. The maximum atomic E-state index is 6.43. The predicted octanol–water partition coefficient (Wildman–Crippen LogP) is 3.71. The van der Waals surface area contributed by atoms with Crippen LogP contribution in [0.5, 0.6) is 0 Å². The molecule has 2 saturated heterocycles. The van der Waals surface area contributed by atoms with Crippen molar-refractivity contribution < 1.29 is 0 Å². The van der Waals surface area contributed by atoms with Crippen molar-refractivity contribution in [2.75, 3.05) is 26.2 Å². The molecule has 0 aliphatic carbocycles. The molecule has 2 heterocycles. The molecule has 1 atom stereocenters. The van der Waals surface area contributed by atoms with Gasteiger partial charge in [-0.25, -0.2) is 0 Å². The van der Waals surface area contributed by atoms with E-state index in [1.54, 1.807) is 0 Å². The molecule has 0 aromatic heterocycles. The summed E-state index contributed by atoms with van der Waals surface area (Å²) in [7, 11) is 0.